The summed E-state index contributed by atoms with van der Waals surface area (Å²) in [6.07, 6.45) is 0. The van der Waals surface area contributed by atoms with Gasteiger partial charge in [-0.25, -0.2) is 0 Å². The molecular formula is C31H25BrN4O4. The van der Waals surface area contributed by atoms with Crippen molar-refractivity contribution in [3.8, 4) is 11.8 Å². The van der Waals surface area contributed by atoms with Gasteiger partial charge >= 0.3 is 0 Å². The highest BCUT2D eigenvalue weighted by Crippen LogP contribution is 2.40. The predicted molar refractivity (Wildman–Crippen MR) is 162 cm³/mol. The SMILES string of the molecule is Cc1ccc(Cn2c(O)c(N=O)c3cc(Br)ccc32)cc1.O=Nc1c(O)n(Cc2ccccc2)c2ccccc12. The van der Waals surface area contributed by atoms with Crippen LogP contribution in [-0.2, 0) is 13.1 Å². The van der Waals surface area contributed by atoms with Crippen LogP contribution in [0, 0.1) is 16.7 Å². The molecular weight excluding hydrogens is 572 g/mol. The van der Waals surface area contributed by atoms with E-state index in [1.807, 2.05) is 91.9 Å². The number of hydrogen-bond donors (Lipinski definition) is 2. The largest absolute Gasteiger partial charge is 0.493 e. The third-order valence-electron chi connectivity index (χ3n) is 6.72. The Kier molecular flexibility index (Phi) is 7.75. The van der Waals surface area contributed by atoms with Crippen LogP contribution in [-0.4, -0.2) is 19.3 Å². The van der Waals surface area contributed by atoms with E-state index in [4.69, 9.17) is 0 Å². The number of para-hydroxylation sites is 1. The smallest absolute Gasteiger partial charge is 0.222 e. The van der Waals surface area contributed by atoms with Crippen LogP contribution in [0.15, 0.2) is 112 Å². The summed E-state index contributed by atoms with van der Waals surface area (Å²) in [5, 5.41) is 27.6. The minimum absolute atomic E-state index is 0.0819. The van der Waals surface area contributed by atoms with Crippen LogP contribution in [0.4, 0.5) is 11.4 Å². The minimum Gasteiger partial charge on any atom is -0.493 e. The van der Waals surface area contributed by atoms with Gasteiger partial charge in [0.2, 0.25) is 11.8 Å². The molecule has 0 aliphatic heterocycles. The third-order valence-corrected chi connectivity index (χ3v) is 7.21. The maximum Gasteiger partial charge on any atom is 0.222 e. The summed E-state index contributed by atoms with van der Waals surface area (Å²) in [5.74, 6) is -0.182. The summed E-state index contributed by atoms with van der Waals surface area (Å²) >= 11 is 3.37. The Bertz CT molecular complexity index is 1830. The normalized spacial score (nSPS) is 10.8. The number of hydrogen-bond acceptors (Lipinski definition) is 6. The van der Waals surface area contributed by atoms with Gasteiger partial charge in [0.25, 0.3) is 0 Å². The highest BCUT2D eigenvalue weighted by molar-refractivity contribution is 9.10. The maximum atomic E-state index is 11.0. The van der Waals surface area contributed by atoms with Gasteiger partial charge in [-0.2, -0.15) is 0 Å². The van der Waals surface area contributed by atoms with E-state index in [0.717, 1.165) is 26.6 Å². The predicted octanol–water partition coefficient (Wildman–Crippen LogP) is 8.66. The highest BCUT2D eigenvalue weighted by atomic mass is 79.9. The Balaban J connectivity index is 0.000000162. The highest BCUT2D eigenvalue weighted by Gasteiger charge is 2.18. The van der Waals surface area contributed by atoms with E-state index in [1.54, 1.807) is 21.3 Å². The topological polar surface area (TPSA) is 109 Å². The Hall–Kier alpha value is -4.76. The monoisotopic (exact) mass is 596 g/mol. The molecule has 0 unspecified atom stereocenters. The Morgan fingerprint density at radius 3 is 1.80 bits per heavy atom. The lowest BCUT2D eigenvalue weighted by Gasteiger charge is -2.07. The molecule has 0 spiro atoms. The van der Waals surface area contributed by atoms with Crippen LogP contribution in [0.25, 0.3) is 21.8 Å². The molecule has 40 heavy (non-hydrogen) atoms. The Labute approximate surface area is 238 Å². The van der Waals surface area contributed by atoms with Gasteiger partial charge in [0.1, 0.15) is 0 Å². The van der Waals surface area contributed by atoms with E-state index in [2.05, 4.69) is 26.3 Å². The number of fused-ring (bicyclic) bond motifs is 2. The zero-order valence-corrected chi connectivity index (χ0v) is 23.1. The zero-order chi connectivity index (χ0) is 28.2. The molecule has 0 aliphatic rings. The average molecular weight is 597 g/mol. The van der Waals surface area contributed by atoms with Gasteiger partial charge in [-0.05, 0) is 52.7 Å². The summed E-state index contributed by atoms with van der Waals surface area (Å²) in [6.45, 7) is 3.01. The van der Waals surface area contributed by atoms with Crippen molar-refractivity contribution in [1.82, 2.24) is 9.13 Å². The van der Waals surface area contributed by atoms with Crippen molar-refractivity contribution in [3.05, 3.63) is 128 Å². The Morgan fingerprint density at radius 1 is 0.650 bits per heavy atom. The molecule has 0 bridgehead atoms. The van der Waals surface area contributed by atoms with Crippen LogP contribution in [0.5, 0.6) is 11.8 Å². The van der Waals surface area contributed by atoms with Crippen LogP contribution in [0.3, 0.4) is 0 Å². The molecule has 0 amide bonds. The number of halogens is 1. The molecule has 0 radical (unpaired) electrons. The summed E-state index contributed by atoms with van der Waals surface area (Å²) in [6, 6.07) is 30.7. The third kappa shape index (κ3) is 5.23. The lowest BCUT2D eigenvalue weighted by molar-refractivity contribution is 0.429. The number of nitroso groups, excluding NO2 is 2. The first kappa shape index (κ1) is 26.8. The molecule has 0 fully saturated rings. The van der Waals surface area contributed by atoms with Crippen molar-refractivity contribution in [1.29, 1.82) is 0 Å². The average Bonchev–Trinajstić information content (AvgIpc) is 3.39. The maximum absolute atomic E-state index is 11.0. The van der Waals surface area contributed by atoms with Crippen molar-refractivity contribution in [3.63, 3.8) is 0 Å². The molecule has 0 saturated carbocycles. The van der Waals surface area contributed by atoms with Gasteiger partial charge in [0.15, 0.2) is 11.4 Å². The van der Waals surface area contributed by atoms with Crippen molar-refractivity contribution >= 4 is 49.1 Å². The molecule has 2 aromatic heterocycles. The Morgan fingerprint density at radius 2 is 1.18 bits per heavy atom. The molecule has 6 rings (SSSR count). The van der Waals surface area contributed by atoms with Crippen molar-refractivity contribution in [2.45, 2.75) is 20.0 Å². The second-order valence-corrected chi connectivity index (χ2v) is 10.3. The van der Waals surface area contributed by atoms with Gasteiger partial charge in [-0.15, -0.1) is 9.81 Å². The first-order valence-electron chi connectivity index (χ1n) is 12.5. The molecule has 9 heteroatoms. The number of aryl methyl sites for hydroxylation is 1. The van der Waals surface area contributed by atoms with Gasteiger partial charge in [0, 0.05) is 15.2 Å². The quantitative estimate of drug-likeness (QED) is 0.187. The fourth-order valence-corrected chi connectivity index (χ4v) is 5.07. The number of aromatic hydroxyl groups is 2. The molecule has 0 aliphatic carbocycles. The van der Waals surface area contributed by atoms with Crippen molar-refractivity contribution in [2.24, 2.45) is 10.4 Å². The number of nitrogens with zero attached hydrogens (tertiary/aromatic N) is 4. The van der Waals surface area contributed by atoms with E-state index < -0.39 is 0 Å². The molecule has 4 aromatic carbocycles. The lowest BCUT2D eigenvalue weighted by atomic mass is 10.1. The van der Waals surface area contributed by atoms with Crippen LogP contribution in [0.1, 0.15) is 16.7 Å². The van der Waals surface area contributed by atoms with E-state index in [9.17, 15) is 20.0 Å². The van der Waals surface area contributed by atoms with E-state index in [-0.39, 0.29) is 23.1 Å². The van der Waals surface area contributed by atoms with Crippen molar-refractivity contribution in [2.75, 3.05) is 0 Å². The standard InChI is InChI=1S/C16H13BrN2O2.C15H12N2O2/c1-10-2-4-11(5-3-10)9-19-14-7-6-12(17)8-13(14)15(18-21)16(19)20;18-15-14(16-19)12-8-4-5-9-13(12)17(15)10-11-6-2-1-3-7-11/h2-8,20H,9H2,1H3;1-9,18H,10H2. The minimum atomic E-state index is -0.0984. The molecule has 2 N–H and O–H groups in total. The fourth-order valence-electron chi connectivity index (χ4n) is 4.71. The van der Waals surface area contributed by atoms with E-state index in [0.29, 0.717) is 23.9 Å². The molecule has 0 saturated heterocycles. The number of aromatic nitrogens is 2. The van der Waals surface area contributed by atoms with Crippen molar-refractivity contribution < 1.29 is 10.2 Å². The number of rotatable bonds is 6. The second kappa shape index (κ2) is 11.5. The molecule has 200 valence electrons. The van der Waals surface area contributed by atoms with Gasteiger partial charge in [-0.3, -0.25) is 0 Å². The molecule has 2 heterocycles. The summed E-state index contributed by atoms with van der Waals surface area (Å²) in [7, 11) is 0. The van der Waals surface area contributed by atoms with Crippen LogP contribution in [0.2, 0.25) is 0 Å². The molecule has 8 nitrogen and oxygen atoms in total. The lowest BCUT2D eigenvalue weighted by Crippen LogP contribution is -1.98. The summed E-state index contributed by atoms with van der Waals surface area (Å²) < 4.78 is 4.23. The van der Waals surface area contributed by atoms with Gasteiger partial charge in [-0.1, -0.05) is 94.3 Å². The first-order valence-corrected chi connectivity index (χ1v) is 13.3. The summed E-state index contributed by atoms with van der Waals surface area (Å²) in [4.78, 5) is 21.9. The summed E-state index contributed by atoms with van der Waals surface area (Å²) in [5.41, 5.74) is 5.05. The van der Waals surface area contributed by atoms with Gasteiger partial charge in [0.05, 0.1) is 24.1 Å². The second-order valence-electron chi connectivity index (χ2n) is 9.35. The number of benzene rings is 4. The van der Waals surface area contributed by atoms with E-state index >= 15 is 0 Å². The van der Waals surface area contributed by atoms with E-state index in [1.165, 1.54) is 5.56 Å². The van der Waals surface area contributed by atoms with Crippen LogP contribution >= 0.6 is 15.9 Å². The fraction of sp³-hybridized carbons (Fsp3) is 0.0968. The molecule has 6 aromatic rings. The van der Waals surface area contributed by atoms with Crippen LogP contribution < -0.4 is 0 Å². The first-order chi connectivity index (χ1) is 19.4. The van der Waals surface area contributed by atoms with Gasteiger partial charge < -0.3 is 19.3 Å². The molecule has 0 atom stereocenters. The zero-order valence-electron chi connectivity index (χ0n) is 21.5.